The van der Waals surface area contributed by atoms with Gasteiger partial charge in [-0.3, -0.25) is 0 Å². The van der Waals surface area contributed by atoms with Gasteiger partial charge in [0.1, 0.15) is 11.6 Å². The zero-order valence-corrected chi connectivity index (χ0v) is 24.1. The number of hydrogen-bond donors (Lipinski definition) is 2. The Morgan fingerprint density at radius 3 is 2.68 bits per heavy atom. The largest absolute Gasteiger partial charge is 0.396 e. The molecule has 2 saturated heterocycles. The first-order chi connectivity index (χ1) is 19.7. The standard InChI is InChI=1S/C29H35N7O4S/c1-20-21(8-14-40-20)3-4-22-16-31-27(15-25(22)35-12-9-29(2,19-37)10-13-35)33-26-7-11-30-28(34-26)23-17-32-36(18-23)41(38,39)24-5-6-24/h7,11,15-18,20-21,24,37H,5-6,8-10,12-14,19H2,1-2H3,(H,30,31,33,34). The molecule has 3 fully saturated rings. The number of aliphatic hydroxyl groups is 1. The van der Waals surface area contributed by atoms with E-state index in [0.717, 1.165) is 54.3 Å². The number of anilines is 3. The maximum absolute atomic E-state index is 12.5. The number of aliphatic hydroxyl groups excluding tert-OH is 1. The number of aromatic nitrogens is 5. The second-order valence-corrected chi connectivity index (χ2v) is 13.6. The monoisotopic (exact) mass is 577 g/mol. The molecule has 0 spiro atoms. The van der Waals surface area contributed by atoms with Crippen molar-refractivity contribution in [1.82, 2.24) is 24.1 Å². The van der Waals surface area contributed by atoms with Gasteiger partial charge in [-0.25, -0.2) is 23.4 Å². The summed E-state index contributed by atoms with van der Waals surface area (Å²) in [5.74, 6) is 8.46. The lowest BCUT2D eigenvalue weighted by Gasteiger charge is -2.39. The van der Waals surface area contributed by atoms with Crippen LogP contribution in [0.5, 0.6) is 0 Å². The summed E-state index contributed by atoms with van der Waals surface area (Å²) >= 11 is 0. The molecule has 2 unspecified atom stereocenters. The van der Waals surface area contributed by atoms with Gasteiger partial charge in [0.15, 0.2) is 5.82 Å². The molecular weight excluding hydrogens is 542 g/mol. The fraction of sp³-hybridized carbons (Fsp3) is 0.517. The van der Waals surface area contributed by atoms with Crippen LogP contribution in [0, 0.1) is 23.2 Å². The van der Waals surface area contributed by atoms with Gasteiger partial charge in [0.05, 0.1) is 40.6 Å². The third-order valence-corrected chi connectivity index (χ3v) is 10.3. The highest BCUT2D eigenvalue weighted by molar-refractivity contribution is 7.90. The van der Waals surface area contributed by atoms with E-state index >= 15 is 0 Å². The van der Waals surface area contributed by atoms with Crippen molar-refractivity contribution in [3.63, 3.8) is 0 Å². The van der Waals surface area contributed by atoms with Gasteiger partial charge in [0, 0.05) is 50.7 Å². The smallest absolute Gasteiger partial charge is 0.256 e. The zero-order chi connectivity index (χ0) is 28.6. The fourth-order valence-electron chi connectivity index (χ4n) is 5.18. The highest BCUT2D eigenvalue weighted by Gasteiger charge is 2.37. The van der Waals surface area contributed by atoms with E-state index in [9.17, 15) is 13.5 Å². The number of pyridine rings is 1. The molecule has 3 aromatic heterocycles. The summed E-state index contributed by atoms with van der Waals surface area (Å²) in [6.45, 7) is 6.72. The molecule has 41 heavy (non-hydrogen) atoms. The van der Waals surface area contributed by atoms with Crippen LogP contribution in [0.15, 0.2) is 36.9 Å². The van der Waals surface area contributed by atoms with Crippen LogP contribution < -0.4 is 10.2 Å². The molecule has 2 N–H and O–H groups in total. The molecule has 216 valence electrons. The molecule has 3 aliphatic rings. The van der Waals surface area contributed by atoms with Crippen LogP contribution in [-0.2, 0) is 14.8 Å². The second-order valence-electron chi connectivity index (χ2n) is 11.5. The first-order valence-corrected chi connectivity index (χ1v) is 15.6. The van der Waals surface area contributed by atoms with Gasteiger partial charge < -0.3 is 20.1 Å². The van der Waals surface area contributed by atoms with Gasteiger partial charge in [0.25, 0.3) is 10.0 Å². The highest BCUT2D eigenvalue weighted by Crippen LogP contribution is 2.35. The van der Waals surface area contributed by atoms with Crippen molar-refractivity contribution < 1.29 is 18.3 Å². The molecule has 0 radical (unpaired) electrons. The van der Waals surface area contributed by atoms with Crippen LogP contribution in [0.4, 0.5) is 17.3 Å². The SMILES string of the molecule is CC1OCCC1C#Cc1cnc(Nc2ccnc(-c3cnn(S(=O)(=O)C4CC4)c3)n2)cc1N1CCC(C)(CO)CC1. The summed E-state index contributed by atoms with van der Waals surface area (Å²) in [5.41, 5.74) is 2.29. The van der Waals surface area contributed by atoms with Crippen LogP contribution in [0.1, 0.15) is 51.5 Å². The molecule has 2 aliphatic heterocycles. The van der Waals surface area contributed by atoms with E-state index in [1.807, 2.05) is 6.07 Å². The van der Waals surface area contributed by atoms with Crippen molar-refractivity contribution in [2.24, 2.45) is 11.3 Å². The third-order valence-electron chi connectivity index (χ3n) is 8.28. The van der Waals surface area contributed by atoms with E-state index < -0.39 is 10.0 Å². The first-order valence-electron chi connectivity index (χ1n) is 14.1. The van der Waals surface area contributed by atoms with Crippen molar-refractivity contribution >= 4 is 27.3 Å². The van der Waals surface area contributed by atoms with E-state index in [4.69, 9.17) is 4.74 Å². The summed E-state index contributed by atoms with van der Waals surface area (Å²) < 4.78 is 31.8. The number of rotatable bonds is 7. The predicted octanol–water partition coefficient (Wildman–Crippen LogP) is 3.19. The van der Waals surface area contributed by atoms with E-state index in [0.29, 0.717) is 35.9 Å². The number of nitrogens with one attached hydrogen (secondary N) is 1. The van der Waals surface area contributed by atoms with Crippen LogP contribution in [0.25, 0.3) is 11.4 Å². The van der Waals surface area contributed by atoms with Crippen LogP contribution in [-0.4, -0.2) is 75.3 Å². The lowest BCUT2D eigenvalue weighted by atomic mass is 9.81. The van der Waals surface area contributed by atoms with E-state index in [-0.39, 0.29) is 29.3 Å². The molecular formula is C29H35N7O4S. The van der Waals surface area contributed by atoms with Crippen molar-refractivity contribution in [1.29, 1.82) is 0 Å². The molecule has 6 rings (SSSR count). The third kappa shape index (κ3) is 5.93. The van der Waals surface area contributed by atoms with Crippen molar-refractivity contribution in [2.75, 3.05) is 36.5 Å². The predicted molar refractivity (Wildman–Crippen MR) is 155 cm³/mol. The molecule has 0 amide bonds. The van der Waals surface area contributed by atoms with Gasteiger partial charge in [-0.1, -0.05) is 18.8 Å². The Kier molecular flexibility index (Phi) is 7.44. The average Bonchev–Trinajstić information content (AvgIpc) is 3.58. The highest BCUT2D eigenvalue weighted by atomic mass is 32.2. The molecule has 12 heteroatoms. The lowest BCUT2D eigenvalue weighted by molar-refractivity contribution is 0.115. The minimum absolute atomic E-state index is 0.0732. The van der Waals surface area contributed by atoms with Crippen molar-refractivity contribution in [3.05, 3.63) is 42.5 Å². The molecule has 0 bridgehead atoms. The summed E-state index contributed by atoms with van der Waals surface area (Å²) in [7, 11) is -3.47. The summed E-state index contributed by atoms with van der Waals surface area (Å²) in [6.07, 6.45) is 10.5. The Morgan fingerprint density at radius 1 is 1.17 bits per heavy atom. The average molecular weight is 578 g/mol. The quantitative estimate of drug-likeness (QED) is 0.403. The molecule has 11 nitrogen and oxygen atoms in total. The Bertz CT molecular complexity index is 1580. The molecule has 1 aliphatic carbocycles. The van der Waals surface area contributed by atoms with Gasteiger partial charge >= 0.3 is 0 Å². The minimum atomic E-state index is -3.47. The van der Waals surface area contributed by atoms with E-state index in [1.54, 1.807) is 18.5 Å². The van der Waals surface area contributed by atoms with Gasteiger partial charge in [-0.05, 0) is 50.5 Å². The molecule has 3 aromatic rings. The topological polar surface area (TPSA) is 135 Å². The molecule has 1 saturated carbocycles. The zero-order valence-electron chi connectivity index (χ0n) is 23.3. The number of nitrogens with zero attached hydrogens (tertiary/aromatic N) is 6. The Labute approximate surface area is 240 Å². The van der Waals surface area contributed by atoms with Gasteiger partial charge in [-0.15, -0.1) is 0 Å². The normalized spacial score (nSPS) is 22.3. The maximum Gasteiger partial charge on any atom is 0.256 e. The summed E-state index contributed by atoms with van der Waals surface area (Å²) in [5, 5.41) is 16.8. The summed E-state index contributed by atoms with van der Waals surface area (Å²) in [4.78, 5) is 15.9. The second kappa shape index (κ2) is 11.0. The van der Waals surface area contributed by atoms with Crippen LogP contribution >= 0.6 is 0 Å². The Morgan fingerprint density at radius 2 is 1.98 bits per heavy atom. The fourth-order valence-corrected chi connectivity index (χ4v) is 6.66. The molecule has 0 aromatic carbocycles. The molecule has 2 atom stereocenters. The van der Waals surface area contributed by atoms with E-state index in [1.165, 1.54) is 12.4 Å². The maximum atomic E-state index is 12.5. The van der Waals surface area contributed by atoms with Crippen molar-refractivity contribution in [2.45, 2.75) is 57.3 Å². The van der Waals surface area contributed by atoms with Crippen molar-refractivity contribution in [3.8, 4) is 23.2 Å². The van der Waals surface area contributed by atoms with E-state index in [2.05, 4.69) is 56.0 Å². The van der Waals surface area contributed by atoms with Gasteiger partial charge in [-0.2, -0.15) is 9.19 Å². The minimum Gasteiger partial charge on any atom is -0.396 e. The number of ether oxygens (including phenoxy) is 1. The number of piperidine rings is 1. The van der Waals surface area contributed by atoms with Gasteiger partial charge in [0.2, 0.25) is 0 Å². The van der Waals surface area contributed by atoms with Crippen LogP contribution in [0.2, 0.25) is 0 Å². The Balaban J connectivity index is 1.25. The van der Waals surface area contributed by atoms with Crippen LogP contribution in [0.3, 0.4) is 0 Å². The molecule has 5 heterocycles. The Hall–Kier alpha value is -3.53. The summed E-state index contributed by atoms with van der Waals surface area (Å²) in [6, 6.07) is 3.72. The first kappa shape index (κ1) is 27.6. The lowest BCUT2D eigenvalue weighted by Crippen LogP contribution is -2.40. The number of hydrogen-bond acceptors (Lipinski definition) is 10.